The number of nitrogens with zero attached hydrogens (tertiary/aromatic N) is 4. The standard InChI is InChI=1S/C51H32N4/c1-3-12-36(13-4-1)49-52-50(37-14-5-2-6-15-37)54-51(53-49)38-25-28-41(29-26-38)55-46-18-10-9-17-43(46)48-45-32-40(24-22-35(45)27-30-47(48)55)39-23-21-34-20-19-33-11-7-8-16-42(33)44(34)31-39/h1-32H. The SMILES string of the molecule is c1ccc(-c2nc(-c3ccccc3)nc(-c3ccc(-n4c5ccccc5c5c6cc(-c7ccc8ccc9ccccc9c8c7)ccc6ccc54)cc3)n2)cc1. The van der Waals surface area contributed by atoms with E-state index in [9.17, 15) is 0 Å². The molecule has 0 atom stereocenters. The van der Waals surface area contributed by atoms with Crippen molar-refractivity contribution in [2.75, 3.05) is 0 Å². The van der Waals surface area contributed by atoms with E-state index in [1.54, 1.807) is 0 Å². The Hall–Kier alpha value is -7.43. The summed E-state index contributed by atoms with van der Waals surface area (Å²) in [6, 6.07) is 68.9. The average Bonchev–Trinajstić information content (AvgIpc) is 3.61. The maximum absolute atomic E-state index is 4.96. The first-order chi connectivity index (χ1) is 27.2. The van der Waals surface area contributed by atoms with Crippen molar-refractivity contribution in [1.82, 2.24) is 19.5 Å². The average molecular weight is 701 g/mol. The Morgan fingerprint density at radius 2 is 0.745 bits per heavy atom. The fraction of sp³-hybridized carbons (Fsp3) is 0. The summed E-state index contributed by atoms with van der Waals surface area (Å²) in [5.74, 6) is 1.94. The van der Waals surface area contributed by atoms with Crippen molar-refractivity contribution >= 4 is 54.1 Å². The van der Waals surface area contributed by atoms with Gasteiger partial charge in [-0.1, -0.05) is 146 Å². The molecular weight excluding hydrogens is 669 g/mol. The first-order valence-corrected chi connectivity index (χ1v) is 18.6. The second-order valence-electron chi connectivity index (χ2n) is 14.1. The van der Waals surface area contributed by atoms with E-state index < -0.39 is 0 Å². The van der Waals surface area contributed by atoms with Crippen LogP contribution in [0.25, 0.3) is 105 Å². The minimum atomic E-state index is 0.640. The molecule has 0 saturated carbocycles. The van der Waals surface area contributed by atoms with Crippen molar-refractivity contribution in [3.05, 3.63) is 194 Å². The third-order valence-electron chi connectivity index (χ3n) is 10.8. The molecule has 0 amide bonds. The molecular formula is C51H32N4. The van der Waals surface area contributed by atoms with Gasteiger partial charge in [-0.25, -0.2) is 15.0 Å². The number of rotatable bonds is 5. The highest BCUT2D eigenvalue weighted by atomic mass is 15.0. The summed E-state index contributed by atoms with van der Waals surface area (Å²) in [6.07, 6.45) is 0. The van der Waals surface area contributed by atoms with Gasteiger partial charge in [-0.2, -0.15) is 0 Å². The van der Waals surface area contributed by atoms with Crippen molar-refractivity contribution in [2.45, 2.75) is 0 Å². The van der Waals surface area contributed by atoms with E-state index in [0.29, 0.717) is 17.5 Å². The Kier molecular flexibility index (Phi) is 7.14. The number of hydrogen-bond donors (Lipinski definition) is 0. The monoisotopic (exact) mass is 700 g/mol. The second-order valence-corrected chi connectivity index (χ2v) is 14.1. The smallest absolute Gasteiger partial charge is 0.164 e. The molecule has 2 heterocycles. The summed E-state index contributed by atoms with van der Waals surface area (Å²) in [5.41, 5.74) is 8.67. The Bertz CT molecular complexity index is 3180. The summed E-state index contributed by atoms with van der Waals surface area (Å²) < 4.78 is 2.38. The topological polar surface area (TPSA) is 43.6 Å². The summed E-state index contributed by atoms with van der Waals surface area (Å²) in [5, 5.41) is 10.0. The molecule has 2 aromatic heterocycles. The van der Waals surface area contributed by atoms with Gasteiger partial charge >= 0.3 is 0 Å². The predicted molar refractivity (Wildman–Crippen MR) is 228 cm³/mol. The van der Waals surface area contributed by atoms with Crippen LogP contribution in [-0.2, 0) is 0 Å². The molecule has 0 N–H and O–H groups in total. The van der Waals surface area contributed by atoms with Crippen LogP contribution in [0.4, 0.5) is 0 Å². The Morgan fingerprint density at radius 3 is 1.40 bits per heavy atom. The van der Waals surface area contributed by atoms with Crippen LogP contribution in [0.2, 0.25) is 0 Å². The molecule has 11 rings (SSSR count). The van der Waals surface area contributed by atoms with Crippen molar-refractivity contribution in [2.24, 2.45) is 0 Å². The van der Waals surface area contributed by atoms with Gasteiger partial charge in [-0.15, -0.1) is 0 Å². The number of benzene rings is 9. The maximum Gasteiger partial charge on any atom is 0.164 e. The molecule has 0 aliphatic heterocycles. The quantitative estimate of drug-likeness (QED) is 0.168. The van der Waals surface area contributed by atoms with E-state index in [1.165, 1.54) is 65.3 Å². The molecule has 4 heteroatoms. The predicted octanol–water partition coefficient (Wildman–Crippen LogP) is 13.1. The third kappa shape index (κ3) is 5.26. The van der Waals surface area contributed by atoms with Crippen molar-refractivity contribution in [3.63, 3.8) is 0 Å². The van der Waals surface area contributed by atoms with E-state index in [-0.39, 0.29) is 0 Å². The van der Waals surface area contributed by atoms with Crippen molar-refractivity contribution in [1.29, 1.82) is 0 Å². The lowest BCUT2D eigenvalue weighted by atomic mass is 9.95. The van der Waals surface area contributed by atoms with Crippen LogP contribution in [0.15, 0.2) is 194 Å². The summed E-state index contributed by atoms with van der Waals surface area (Å²) >= 11 is 0. The Balaban J connectivity index is 1.04. The molecule has 256 valence electrons. The fourth-order valence-electron chi connectivity index (χ4n) is 8.12. The summed E-state index contributed by atoms with van der Waals surface area (Å²) in [4.78, 5) is 14.8. The highest BCUT2D eigenvalue weighted by Crippen LogP contribution is 2.39. The number of fused-ring (bicyclic) bond motifs is 8. The van der Waals surface area contributed by atoms with Gasteiger partial charge in [-0.05, 0) is 92.0 Å². The first kappa shape index (κ1) is 31.1. The van der Waals surface area contributed by atoms with Crippen LogP contribution in [-0.4, -0.2) is 19.5 Å². The van der Waals surface area contributed by atoms with E-state index in [4.69, 9.17) is 15.0 Å². The number of hydrogen-bond acceptors (Lipinski definition) is 3. The maximum atomic E-state index is 4.96. The zero-order chi connectivity index (χ0) is 36.3. The Labute approximate surface area is 317 Å². The normalized spacial score (nSPS) is 11.6. The van der Waals surface area contributed by atoms with Gasteiger partial charge in [0.25, 0.3) is 0 Å². The molecule has 0 spiro atoms. The largest absolute Gasteiger partial charge is 0.309 e. The lowest BCUT2D eigenvalue weighted by Gasteiger charge is -2.11. The summed E-state index contributed by atoms with van der Waals surface area (Å²) in [6.45, 7) is 0. The van der Waals surface area contributed by atoms with Gasteiger partial charge in [-0.3, -0.25) is 0 Å². The molecule has 55 heavy (non-hydrogen) atoms. The van der Waals surface area contributed by atoms with Gasteiger partial charge in [0.1, 0.15) is 0 Å². The second kappa shape index (κ2) is 12.6. The molecule has 0 saturated heterocycles. The van der Waals surface area contributed by atoms with Crippen LogP contribution < -0.4 is 0 Å². The third-order valence-corrected chi connectivity index (χ3v) is 10.8. The van der Waals surface area contributed by atoms with Crippen LogP contribution in [0, 0.1) is 0 Å². The number of para-hydroxylation sites is 1. The molecule has 0 unspecified atom stereocenters. The van der Waals surface area contributed by atoms with Crippen molar-refractivity contribution < 1.29 is 0 Å². The van der Waals surface area contributed by atoms with Crippen LogP contribution in [0.3, 0.4) is 0 Å². The van der Waals surface area contributed by atoms with Crippen LogP contribution in [0.1, 0.15) is 0 Å². The fourth-order valence-corrected chi connectivity index (χ4v) is 8.12. The van der Waals surface area contributed by atoms with Gasteiger partial charge in [0.05, 0.1) is 11.0 Å². The minimum absolute atomic E-state index is 0.640. The van der Waals surface area contributed by atoms with E-state index in [1.807, 2.05) is 60.7 Å². The van der Waals surface area contributed by atoms with Gasteiger partial charge < -0.3 is 4.57 Å². The van der Waals surface area contributed by atoms with E-state index in [2.05, 4.69) is 138 Å². The number of aromatic nitrogens is 4. The molecule has 11 aromatic rings. The van der Waals surface area contributed by atoms with Crippen molar-refractivity contribution in [3.8, 4) is 51.0 Å². The molecule has 0 bridgehead atoms. The van der Waals surface area contributed by atoms with E-state index >= 15 is 0 Å². The Morgan fingerprint density at radius 1 is 0.291 bits per heavy atom. The zero-order valence-corrected chi connectivity index (χ0v) is 29.8. The van der Waals surface area contributed by atoms with Crippen LogP contribution >= 0.6 is 0 Å². The molecule has 9 aromatic carbocycles. The van der Waals surface area contributed by atoms with Gasteiger partial charge in [0.2, 0.25) is 0 Å². The van der Waals surface area contributed by atoms with Gasteiger partial charge in [0.15, 0.2) is 17.5 Å². The minimum Gasteiger partial charge on any atom is -0.309 e. The summed E-state index contributed by atoms with van der Waals surface area (Å²) in [7, 11) is 0. The molecule has 0 aliphatic carbocycles. The zero-order valence-electron chi connectivity index (χ0n) is 29.8. The first-order valence-electron chi connectivity index (χ1n) is 18.6. The highest BCUT2D eigenvalue weighted by Gasteiger charge is 2.17. The molecule has 0 radical (unpaired) electrons. The van der Waals surface area contributed by atoms with Gasteiger partial charge in [0, 0.05) is 33.2 Å². The highest BCUT2D eigenvalue weighted by molar-refractivity contribution is 6.22. The molecule has 0 aliphatic rings. The lowest BCUT2D eigenvalue weighted by molar-refractivity contribution is 1.07. The van der Waals surface area contributed by atoms with E-state index in [0.717, 1.165) is 22.4 Å². The van der Waals surface area contributed by atoms with Crippen LogP contribution in [0.5, 0.6) is 0 Å². The molecule has 4 nitrogen and oxygen atoms in total. The lowest BCUT2D eigenvalue weighted by Crippen LogP contribution is -2.00. The molecule has 0 fully saturated rings.